The molecule has 88 valence electrons. The maximum absolute atomic E-state index is 13.1. The molecule has 0 nitrogen and oxygen atoms in total. The van der Waals surface area contributed by atoms with E-state index in [1.54, 1.807) is 6.92 Å². The van der Waals surface area contributed by atoms with E-state index in [9.17, 15) is 22.0 Å². The van der Waals surface area contributed by atoms with Crippen molar-refractivity contribution in [2.24, 2.45) is 0 Å². The summed E-state index contributed by atoms with van der Waals surface area (Å²) >= 11 is 0. The zero-order chi connectivity index (χ0) is 12.0. The maximum atomic E-state index is 13.1. The first-order valence-corrected chi connectivity index (χ1v) is 5.13. The van der Waals surface area contributed by atoms with Gasteiger partial charge in [0.15, 0.2) is 11.3 Å². The van der Waals surface area contributed by atoms with Crippen LogP contribution in [0.2, 0.25) is 0 Å². The van der Waals surface area contributed by atoms with Crippen molar-refractivity contribution in [3.05, 3.63) is 0 Å². The Kier molecular flexibility index (Phi) is 8.34. The SMILES string of the molecule is CCCC(F)(P)C(F)(F)C(F)P.CF. The molecule has 4 unspecified atom stereocenters. The van der Waals surface area contributed by atoms with Crippen molar-refractivity contribution in [1.29, 1.82) is 0 Å². The zero-order valence-corrected chi connectivity index (χ0v) is 10.3. The molecule has 0 aromatic carbocycles. The van der Waals surface area contributed by atoms with Crippen molar-refractivity contribution >= 4 is 18.5 Å². The summed E-state index contributed by atoms with van der Waals surface area (Å²) < 4.78 is 60.3. The number of alkyl halides is 5. The molecule has 0 aliphatic carbocycles. The van der Waals surface area contributed by atoms with Crippen LogP contribution in [0, 0.1) is 0 Å². The van der Waals surface area contributed by atoms with Gasteiger partial charge in [-0.05, 0) is 6.42 Å². The van der Waals surface area contributed by atoms with Crippen molar-refractivity contribution in [2.75, 3.05) is 7.18 Å². The highest BCUT2D eigenvalue weighted by Crippen LogP contribution is 2.46. The second kappa shape index (κ2) is 6.90. The van der Waals surface area contributed by atoms with Gasteiger partial charge in [0.1, 0.15) is 0 Å². The minimum atomic E-state index is -3.96. The Morgan fingerprint density at radius 3 is 1.79 bits per heavy atom. The van der Waals surface area contributed by atoms with Crippen LogP contribution in [0.25, 0.3) is 0 Å². The Morgan fingerprint density at radius 2 is 1.57 bits per heavy atom. The fraction of sp³-hybridized carbons (Fsp3) is 1.00. The Bertz CT molecular complexity index is 149. The van der Waals surface area contributed by atoms with Crippen LogP contribution in [0.15, 0.2) is 0 Å². The molecule has 0 aromatic rings. The van der Waals surface area contributed by atoms with Gasteiger partial charge >= 0.3 is 5.92 Å². The fourth-order valence-corrected chi connectivity index (χ4v) is 1.68. The largest absolute Gasteiger partial charge is 0.318 e. The number of rotatable bonds is 4. The monoisotopic (exact) mass is 256 g/mol. The number of hydrogen-bond donors (Lipinski definition) is 0. The summed E-state index contributed by atoms with van der Waals surface area (Å²) in [4.78, 5) is 0. The van der Waals surface area contributed by atoms with Crippen LogP contribution < -0.4 is 0 Å². The maximum Gasteiger partial charge on any atom is 0.318 e. The van der Waals surface area contributed by atoms with Crippen molar-refractivity contribution in [3.63, 3.8) is 0 Å². The first kappa shape index (κ1) is 16.9. The third-order valence-corrected chi connectivity index (χ3v) is 2.61. The van der Waals surface area contributed by atoms with E-state index in [4.69, 9.17) is 0 Å². The van der Waals surface area contributed by atoms with Crippen LogP contribution in [0.3, 0.4) is 0 Å². The van der Waals surface area contributed by atoms with E-state index in [-0.39, 0.29) is 12.8 Å². The van der Waals surface area contributed by atoms with Crippen LogP contribution in [-0.4, -0.2) is 24.4 Å². The highest BCUT2D eigenvalue weighted by molar-refractivity contribution is 7.19. The highest BCUT2D eigenvalue weighted by Gasteiger charge is 2.55. The lowest BCUT2D eigenvalue weighted by Gasteiger charge is -2.30. The Balaban J connectivity index is 0. The molecule has 0 aliphatic rings. The van der Waals surface area contributed by atoms with Crippen molar-refractivity contribution in [1.82, 2.24) is 0 Å². The molecule has 0 heterocycles. The normalized spacial score (nSPS) is 17.8. The average molecular weight is 256 g/mol. The van der Waals surface area contributed by atoms with Crippen molar-refractivity contribution in [3.8, 4) is 0 Å². The lowest BCUT2D eigenvalue weighted by Crippen LogP contribution is -2.44. The van der Waals surface area contributed by atoms with Gasteiger partial charge in [-0.1, -0.05) is 31.8 Å². The van der Waals surface area contributed by atoms with Gasteiger partial charge in [-0.2, -0.15) is 8.78 Å². The summed E-state index contributed by atoms with van der Waals surface area (Å²) in [5, 5.41) is -2.84. The van der Waals surface area contributed by atoms with Crippen LogP contribution >= 0.6 is 18.5 Å². The molecule has 4 atom stereocenters. The van der Waals surface area contributed by atoms with E-state index in [2.05, 4.69) is 0 Å². The molecule has 0 rings (SSSR count). The van der Waals surface area contributed by atoms with Crippen LogP contribution in [0.5, 0.6) is 0 Å². The molecular weight excluding hydrogens is 241 g/mol. The fourth-order valence-electron chi connectivity index (χ4n) is 0.760. The van der Waals surface area contributed by atoms with Gasteiger partial charge in [0.05, 0.1) is 7.18 Å². The predicted molar refractivity (Wildman–Crippen MR) is 55.0 cm³/mol. The Hall–Kier alpha value is 0.510. The first-order chi connectivity index (χ1) is 6.25. The van der Waals surface area contributed by atoms with E-state index in [0.29, 0.717) is 7.18 Å². The minimum absolute atomic E-state index is 0.243. The highest BCUT2D eigenvalue weighted by atomic mass is 31.0. The lowest BCUT2D eigenvalue weighted by molar-refractivity contribution is -0.119. The summed E-state index contributed by atoms with van der Waals surface area (Å²) in [5.41, 5.74) is 0. The van der Waals surface area contributed by atoms with Gasteiger partial charge in [0, 0.05) is 0 Å². The molecule has 0 N–H and O–H groups in total. The van der Waals surface area contributed by atoms with E-state index < -0.39 is 17.2 Å². The van der Waals surface area contributed by atoms with Gasteiger partial charge in [-0.25, -0.2) is 8.78 Å². The summed E-state index contributed by atoms with van der Waals surface area (Å²) in [7, 11) is 3.15. The summed E-state index contributed by atoms with van der Waals surface area (Å²) in [6.45, 7) is 1.56. The molecule has 0 aromatic heterocycles. The summed E-state index contributed by atoms with van der Waals surface area (Å²) in [6.07, 6.45) is -0.132. The Morgan fingerprint density at radius 1 is 1.21 bits per heavy atom. The molecule has 14 heavy (non-hydrogen) atoms. The van der Waals surface area contributed by atoms with Gasteiger partial charge < -0.3 is 0 Å². The van der Waals surface area contributed by atoms with Crippen molar-refractivity contribution in [2.45, 2.75) is 37.0 Å². The van der Waals surface area contributed by atoms with Crippen LogP contribution in [0.1, 0.15) is 19.8 Å². The Labute approximate surface area is 85.4 Å². The average Bonchev–Trinajstić information content (AvgIpc) is 2.07. The quantitative estimate of drug-likeness (QED) is 0.531. The van der Waals surface area contributed by atoms with Crippen LogP contribution in [-0.2, 0) is 0 Å². The van der Waals surface area contributed by atoms with E-state index in [1.165, 1.54) is 18.5 Å². The molecule has 0 radical (unpaired) electrons. The molecule has 0 saturated heterocycles. The van der Waals surface area contributed by atoms with Gasteiger partial charge in [-0.3, -0.25) is 4.39 Å². The molecule has 7 heteroatoms. The molecule has 0 amide bonds. The summed E-state index contributed by atoms with van der Waals surface area (Å²) in [5.74, 6) is -6.51. The number of halogens is 5. The third-order valence-electron chi connectivity index (χ3n) is 1.51. The number of hydrogen-bond acceptors (Lipinski definition) is 0. The van der Waals surface area contributed by atoms with Gasteiger partial charge in [-0.15, -0.1) is 0 Å². The zero-order valence-electron chi connectivity index (χ0n) is 8.04. The predicted octanol–water partition coefficient (Wildman–Crippen LogP) is 3.72. The van der Waals surface area contributed by atoms with E-state index >= 15 is 0 Å². The first-order valence-electron chi connectivity index (χ1n) is 3.88. The molecule has 0 saturated carbocycles. The second-order valence-corrected chi connectivity index (χ2v) is 4.14. The van der Waals surface area contributed by atoms with Crippen molar-refractivity contribution < 1.29 is 22.0 Å². The second-order valence-electron chi connectivity index (χ2n) is 2.64. The third kappa shape index (κ3) is 4.35. The molecule has 0 aliphatic heterocycles. The standard InChI is InChI=1S/C6H12F4P2.CH3F/c1-2-3-5(8,12)6(9,10)4(7)11;1-2/h4H,2-3,11-12H2,1H3;1H3. The molecule has 0 spiro atoms. The topological polar surface area (TPSA) is 0 Å². The van der Waals surface area contributed by atoms with E-state index in [0.717, 1.165) is 0 Å². The van der Waals surface area contributed by atoms with Gasteiger partial charge in [0.25, 0.3) is 0 Å². The minimum Gasteiger partial charge on any atom is -0.255 e. The molecular formula is C7H15F5P2. The lowest BCUT2D eigenvalue weighted by atomic mass is 10.1. The van der Waals surface area contributed by atoms with E-state index in [1.807, 2.05) is 0 Å². The van der Waals surface area contributed by atoms with Gasteiger partial charge in [0.2, 0.25) is 0 Å². The molecule has 0 bridgehead atoms. The summed E-state index contributed by atoms with van der Waals surface area (Å²) in [6, 6.07) is 0. The molecule has 0 fully saturated rings. The van der Waals surface area contributed by atoms with Crippen LogP contribution in [0.4, 0.5) is 22.0 Å². The smallest absolute Gasteiger partial charge is 0.255 e.